The summed E-state index contributed by atoms with van der Waals surface area (Å²) < 4.78 is 0. The molecule has 0 radical (unpaired) electrons. The van der Waals surface area contributed by atoms with E-state index in [0.29, 0.717) is 36.4 Å². The van der Waals surface area contributed by atoms with Crippen molar-refractivity contribution in [1.29, 1.82) is 0 Å². The van der Waals surface area contributed by atoms with Crippen LogP contribution in [-0.4, -0.2) is 47.2 Å². The van der Waals surface area contributed by atoms with Gasteiger partial charge in [0.2, 0.25) is 5.91 Å². The number of benzene rings is 2. The Balaban J connectivity index is 1.17. The lowest BCUT2D eigenvalue weighted by Crippen LogP contribution is -2.39. The number of nitrogens with zero attached hydrogens (tertiary/aromatic N) is 2. The summed E-state index contributed by atoms with van der Waals surface area (Å²) in [5.41, 5.74) is 3.61. The molecular formula is C26H30N2O3. The minimum Gasteiger partial charge on any atom is -0.343 e. The van der Waals surface area contributed by atoms with Gasteiger partial charge in [-0.25, -0.2) is 0 Å². The Morgan fingerprint density at radius 3 is 2.16 bits per heavy atom. The van der Waals surface area contributed by atoms with Gasteiger partial charge in [0.25, 0.3) is 11.8 Å². The number of hydrogen-bond donors (Lipinski definition) is 0. The molecule has 3 amide bonds. The highest BCUT2D eigenvalue weighted by molar-refractivity contribution is 6.21. The maximum Gasteiger partial charge on any atom is 0.261 e. The molecule has 31 heavy (non-hydrogen) atoms. The summed E-state index contributed by atoms with van der Waals surface area (Å²) in [5.74, 6) is 0.308. The average Bonchev–Trinajstić information content (AvgIpc) is 3.04. The number of hydrogen-bond acceptors (Lipinski definition) is 3. The fraction of sp³-hybridized carbons (Fsp3) is 0.423. The number of amides is 3. The molecule has 5 nitrogen and oxygen atoms in total. The fourth-order valence-corrected chi connectivity index (χ4v) is 4.59. The van der Waals surface area contributed by atoms with Crippen molar-refractivity contribution in [3.63, 3.8) is 0 Å². The zero-order valence-corrected chi connectivity index (χ0v) is 18.2. The predicted molar refractivity (Wildman–Crippen MR) is 120 cm³/mol. The van der Waals surface area contributed by atoms with Gasteiger partial charge in [0.05, 0.1) is 11.1 Å². The van der Waals surface area contributed by atoms with Crippen molar-refractivity contribution in [3.05, 3.63) is 70.8 Å². The molecule has 1 fully saturated rings. The van der Waals surface area contributed by atoms with Gasteiger partial charge in [-0.05, 0) is 62.6 Å². The van der Waals surface area contributed by atoms with E-state index in [-0.39, 0.29) is 17.7 Å². The van der Waals surface area contributed by atoms with E-state index in [1.165, 1.54) is 22.4 Å². The molecule has 1 saturated heterocycles. The van der Waals surface area contributed by atoms with Gasteiger partial charge in [0, 0.05) is 26.1 Å². The molecule has 2 aromatic rings. The molecule has 5 heteroatoms. The smallest absolute Gasteiger partial charge is 0.261 e. The van der Waals surface area contributed by atoms with Crippen molar-refractivity contribution < 1.29 is 14.4 Å². The van der Waals surface area contributed by atoms with E-state index in [1.54, 1.807) is 24.3 Å². The first-order valence-corrected chi connectivity index (χ1v) is 11.3. The Labute approximate surface area is 184 Å². The third-order valence-corrected chi connectivity index (χ3v) is 6.58. The first kappa shape index (κ1) is 21.3. The van der Waals surface area contributed by atoms with Crippen molar-refractivity contribution >= 4 is 17.7 Å². The van der Waals surface area contributed by atoms with E-state index in [2.05, 4.69) is 31.2 Å². The number of likely N-dealkylation sites (tertiary alicyclic amines) is 1. The summed E-state index contributed by atoms with van der Waals surface area (Å²) in [6.45, 7) is 4.02. The van der Waals surface area contributed by atoms with Crippen LogP contribution in [0.15, 0.2) is 48.5 Å². The van der Waals surface area contributed by atoms with Crippen LogP contribution in [0.1, 0.15) is 63.9 Å². The van der Waals surface area contributed by atoms with Gasteiger partial charge in [0.1, 0.15) is 0 Å². The zero-order chi connectivity index (χ0) is 21.8. The van der Waals surface area contributed by atoms with Crippen LogP contribution >= 0.6 is 0 Å². The molecule has 2 aromatic carbocycles. The van der Waals surface area contributed by atoms with Crippen LogP contribution in [0.4, 0.5) is 0 Å². The lowest BCUT2D eigenvalue weighted by Gasteiger charge is -2.32. The first-order valence-electron chi connectivity index (χ1n) is 11.3. The third-order valence-electron chi connectivity index (χ3n) is 6.58. The molecule has 4 rings (SSSR count). The van der Waals surface area contributed by atoms with Crippen molar-refractivity contribution in [3.8, 4) is 0 Å². The molecule has 0 aliphatic carbocycles. The Bertz CT molecular complexity index is 924. The molecule has 0 N–H and O–H groups in total. The Morgan fingerprint density at radius 2 is 1.55 bits per heavy atom. The van der Waals surface area contributed by atoms with Crippen molar-refractivity contribution in [2.24, 2.45) is 5.92 Å². The lowest BCUT2D eigenvalue weighted by molar-refractivity contribution is -0.132. The van der Waals surface area contributed by atoms with Gasteiger partial charge >= 0.3 is 0 Å². The van der Waals surface area contributed by atoms with E-state index < -0.39 is 0 Å². The monoisotopic (exact) mass is 418 g/mol. The second-order valence-corrected chi connectivity index (χ2v) is 8.76. The number of piperidine rings is 1. The number of fused-ring (bicyclic) bond motifs is 1. The number of aryl methyl sites for hydroxylation is 2. The van der Waals surface area contributed by atoms with Gasteiger partial charge in [-0.3, -0.25) is 19.3 Å². The minimum absolute atomic E-state index is 0.133. The highest BCUT2D eigenvalue weighted by Gasteiger charge is 2.34. The summed E-state index contributed by atoms with van der Waals surface area (Å²) in [5, 5.41) is 0. The topological polar surface area (TPSA) is 57.7 Å². The Hall–Kier alpha value is -2.95. The Morgan fingerprint density at radius 1 is 0.935 bits per heavy atom. The van der Waals surface area contributed by atoms with Crippen LogP contribution in [0, 0.1) is 12.8 Å². The third kappa shape index (κ3) is 4.87. The number of carbonyl (C=O) groups is 3. The van der Waals surface area contributed by atoms with Crippen molar-refractivity contribution in [1.82, 2.24) is 9.80 Å². The predicted octanol–water partition coefficient (Wildman–Crippen LogP) is 4.24. The average molecular weight is 419 g/mol. The highest BCUT2D eigenvalue weighted by Crippen LogP contribution is 2.25. The highest BCUT2D eigenvalue weighted by atomic mass is 16.2. The molecule has 0 saturated carbocycles. The van der Waals surface area contributed by atoms with E-state index in [4.69, 9.17) is 0 Å². The van der Waals surface area contributed by atoms with Gasteiger partial charge < -0.3 is 4.90 Å². The van der Waals surface area contributed by atoms with Gasteiger partial charge in [-0.1, -0.05) is 42.0 Å². The molecule has 0 unspecified atom stereocenters. The number of imide groups is 1. The molecule has 2 aliphatic heterocycles. The molecule has 0 spiro atoms. The fourth-order valence-electron chi connectivity index (χ4n) is 4.59. The molecule has 0 atom stereocenters. The van der Waals surface area contributed by atoms with E-state index in [9.17, 15) is 14.4 Å². The summed E-state index contributed by atoms with van der Waals surface area (Å²) in [4.78, 5) is 40.7. The summed E-state index contributed by atoms with van der Waals surface area (Å²) in [6.07, 6.45) is 5.26. The van der Waals surface area contributed by atoms with Crippen LogP contribution < -0.4 is 0 Å². The quantitative estimate of drug-likeness (QED) is 0.632. The number of rotatable bonds is 7. The lowest BCUT2D eigenvalue weighted by atomic mass is 9.90. The van der Waals surface area contributed by atoms with E-state index in [0.717, 1.165) is 32.4 Å². The molecule has 162 valence electrons. The summed E-state index contributed by atoms with van der Waals surface area (Å²) >= 11 is 0. The van der Waals surface area contributed by atoms with Crippen LogP contribution in [0.2, 0.25) is 0 Å². The minimum atomic E-state index is -0.248. The molecule has 2 aliphatic rings. The zero-order valence-electron chi connectivity index (χ0n) is 18.2. The second kappa shape index (κ2) is 9.46. The Kier molecular flexibility index (Phi) is 6.50. The summed E-state index contributed by atoms with van der Waals surface area (Å²) in [7, 11) is 0. The molecule has 0 bridgehead atoms. The maximum atomic E-state index is 12.6. The normalized spacial score (nSPS) is 16.7. The largest absolute Gasteiger partial charge is 0.343 e. The molecular weight excluding hydrogens is 388 g/mol. The first-order chi connectivity index (χ1) is 15.0. The SMILES string of the molecule is Cc1ccc(CCC2CCN(C(=O)CCCN3C(=O)c4ccccc4C3=O)CC2)cc1. The van der Waals surface area contributed by atoms with Gasteiger partial charge in [0.15, 0.2) is 0 Å². The molecule has 0 aromatic heterocycles. The van der Waals surface area contributed by atoms with E-state index in [1.807, 2.05) is 4.90 Å². The standard InChI is InChI=1S/C26H30N2O3/c1-19-8-10-20(11-9-19)12-13-21-14-17-27(18-15-21)24(29)7-4-16-28-25(30)22-5-2-3-6-23(22)26(28)31/h2-3,5-6,8-11,21H,4,7,12-18H2,1H3. The van der Waals surface area contributed by atoms with Crippen LogP contribution in [-0.2, 0) is 11.2 Å². The second-order valence-electron chi connectivity index (χ2n) is 8.76. The van der Waals surface area contributed by atoms with Crippen LogP contribution in [0.3, 0.4) is 0 Å². The molecule has 2 heterocycles. The van der Waals surface area contributed by atoms with Crippen molar-refractivity contribution in [2.45, 2.75) is 45.4 Å². The summed E-state index contributed by atoms with van der Waals surface area (Å²) in [6, 6.07) is 15.7. The number of carbonyl (C=O) groups excluding carboxylic acids is 3. The van der Waals surface area contributed by atoms with Gasteiger partial charge in [-0.15, -0.1) is 0 Å². The van der Waals surface area contributed by atoms with Crippen molar-refractivity contribution in [2.75, 3.05) is 19.6 Å². The van der Waals surface area contributed by atoms with Gasteiger partial charge in [-0.2, -0.15) is 0 Å². The van der Waals surface area contributed by atoms with Crippen LogP contribution in [0.5, 0.6) is 0 Å². The maximum absolute atomic E-state index is 12.6. The van der Waals surface area contributed by atoms with E-state index >= 15 is 0 Å². The van der Waals surface area contributed by atoms with Crippen LogP contribution in [0.25, 0.3) is 0 Å².